The predicted octanol–water partition coefficient (Wildman–Crippen LogP) is 4.22. The number of amides is 1. The molecule has 0 unspecified atom stereocenters. The first-order valence-electron chi connectivity index (χ1n) is 7.16. The molecule has 0 saturated carbocycles. The number of hydrogen-bond donors (Lipinski definition) is 2. The summed E-state index contributed by atoms with van der Waals surface area (Å²) in [6.45, 7) is 1.47. The molecule has 5 nitrogen and oxygen atoms in total. The monoisotopic (exact) mass is 366 g/mol. The Morgan fingerprint density at radius 2 is 1.67 bits per heavy atom. The first-order chi connectivity index (χ1) is 11.4. The Kier molecular flexibility index (Phi) is 6.06. The number of rotatable bonds is 5. The molecule has 0 aliphatic rings. The molecule has 24 heavy (non-hydrogen) atoms. The van der Waals surface area contributed by atoms with Gasteiger partial charge in [0.15, 0.2) is 6.10 Å². The molecule has 7 heteroatoms. The topological polar surface area (TPSA) is 67.4 Å². The van der Waals surface area contributed by atoms with Gasteiger partial charge in [-0.05, 0) is 31.2 Å². The van der Waals surface area contributed by atoms with Crippen molar-refractivity contribution in [3.63, 3.8) is 0 Å². The number of nitrogens with one attached hydrogen (secondary N) is 2. The second kappa shape index (κ2) is 8.04. The lowest BCUT2D eigenvalue weighted by molar-refractivity contribution is -0.123. The average Bonchev–Trinajstić information content (AvgIpc) is 2.57. The highest BCUT2D eigenvalue weighted by Crippen LogP contribution is 2.30. The Morgan fingerprint density at radius 1 is 1.04 bits per heavy atom. The predicted molar refractivity (Wildman–Crippen MR) is 96.0 cm³/mol. The molecule has 2 aromatic rings. The van der Waals surface area contributed by atoms with Crippen LogP contribution in [0.15, 0.2) is 42.5 Å². The first kappa shape index (κ1) is 18.1. The summed E-state index contributed by atoms with van der Waals surface area (Å²) in [7, 11) is 1.70. The number of esters is 1. The maximum Gasteiger partial charge on any atom is 0.341 e. The van der Waals surface area contributed by atoms with E-state index in [0.717, 1.165) is 0 Å². The van der Waals surface area contributed by atoms with Crippen LogP contribution < -0.4 is 10.6 Å². The van der Waals surface area contributed by atoms with Gasteiger partial charge in [-0.15, -0.1) is 0 Å². The molecule has 1 amide bonds. The maximum absolute atomic E-state index is 12.2. The van der Waals surface area contributed by atoms with Crippen LogP contribution in [0.1, 0.15) is 17.3 Å². The van der Waals surface area contributed by atoms with Crippen molar-refractivity contribution in [1.82, 2.24) is 0 Å². The molecule has 2 aromatic carbocycles. The number of anilines is 2. The van der Waals surface area contributed by atoms with Crippen LogP contribution in [0.5, 0.6) is 0 Å². The van der Waals surface area contributed by atoms with Gasteiger partial charge in [0, 0.05) is 12.7 Å². The average molecular weight is 367 g/mol. The Balaban J connectivity index is 2.07. The van der Waals surface area contributed by atoms with E-state index < -0.39 is 18.0 Å². The molecule has 0 bridgehead atoms. The van der Waals surface area contributed by atoms with E-state index in [-0.39, 0.29) is 5.69 Å². The standard InChI is InChI=1S/C17H16Cl2N2O3/c1-10(16(22)21-15-12(18)7-5-8-13(15)19)24-17(23)11-6-3-4-9-14(11)20-2/h3-10,20H,1-2H3,(H,21,22)/t10-/m1/s1. The van der Waals surface area contributed by atoms with Gasteiger partial charge >= 0.3 is 5.97 Å². The third-order valence-corrected chi connectivity index (χ3v) is 3.91. The summed E-state index contributed by atoms with van der Waals surface area (Å²) in [4.78, 5) is 24.4. The lowest BCUT2D eigenvalue weighted by Crippen LogP contribution is -2.30. The molecule has 0 aliphatic heterocycles. The van der Waals surface area contributed by atoms with Gasteiger partial charge in [-0.1, -0.05) is 41.4 Å². The summed E-state index contributed by atoms with van der Waals surface area (Å²) in [5.41, 5.74) is 1.24. The molecule has 2 N–H and O–H groups in total. The van der Waals surface area contributed by atoms with Crippen molar-refractivity contribution in [3.8, 4) is 0 Å². The highest BCUT2D eigenvalue weighted by molar-refractivity contribution is 6.39. The molecule has 0 aliphatic carbocycles. The highest BCUT2D eigenvalue weighted by Gasteiger charge is 2.22. The summed E-state index contributed by atoms with van der Waals surface area (Å²) in [5.74, 6) is -1.13. The minimum Gasteiger partial charge on any atom is -0.449 e. The quantitative estimate of drug-likeness (QED) is 0.777. The lowest BCUT2D eigenvalue weighted by atomic mass is 10.2. The second-order valence-electron chi connectivity index (χ2n) is 4.93. The van der Waals surface area contributed by atoms with Crippen LogP contribution >= 0.6 is 23.2 Å². The van der Waals surface area contributed by atoms with Crippen LogP contribution in [0.3, 0.4) is 0 Å². The van der Waals surface area contributed by atoms with E-state index in [1.54, 1.807) is 49.5 Å². The van der Waals surface area contributed by atoms with Crippen molar-refractivity contribution in [3.05, 3.63) is 58.1 Å². The van der Waals surface area contributed by atoms with Crippen molar-refractivity contribution in [2.75, 3.05) is 17.7 Å². The molecule has 0 radical (unpaired) electrons. The molecular weight excluding hydrogens is 351 g/mol. The third-order valence-electron chi connectivity index (χ3n) is 3.28. The summed E-state index contributed by atoms with van der Waals surface area (Å²) in [6.07, 6.45) is -1.02. The number of halogens is 2. The van der Waals surface area contributed by atoms with Crippen LogP contribution in [0.25, 0.3) is 0 Å². The molecule has 0 heterocycles. The SMILES string of the molecule is CNc1ccccc1C(=O)O[C@H](C)C(=O)Nc1c(Cl)cccc1Cl. The van der Waals surface area contributed by atoms with Gasteiger partial charge in [0.05, 0.1) is 21.3 Å². The van der Waals surface area contributed by atoms with Crippen LogP contribution in [0.2, 0.25) is 10.0 Å². The number of para-hydroxylation sites is 2. The van der Waals surface area contributed by atoms with Crippen LogP contribution in [-0.4, -0.2) is 25.0 Å². The van der Waals surface area contributed by atoms with Crippen molar-refractivity contribution in [2.24, 2.45) is 0 Å². The van der Waals surface area contributed by atoms with Gasteiger partial charge in [-0.2, -0.15) is 0 Å². The fraction of sp³-hybridized carbons (Fsp3) is 0.176. The number of carbonyl (C=O) groups is 2. The Hall–Kier alpha value is -2.24. The molecule has 0 aromatic heterocycles. The van der Waals surface area contributed by atoms with E-state index in [2.05, 4.69) is 10.6 Å². The van der Waals surface area contributed by atoms with Gasteiger partial charge in [0.1, 0.15) is 0 Å². The fourth-order valence-electron chi connectivity index (χ4n) is 2.00. The number of benzene rings is 2. The lowest BCUT2D eigenvalue weighted by Gasteiger charge is -2.16. The first-order valence-corrected chi connectivity index (χ1v) is 7.92. The number of ether oxygens (including phenoxy) is 1. The van der Waals surface area contributed by atoms with Gasteiger partial charge in [-0.25, -0.2) is 4.79 Å². The van der Waals surface area contributed by atoms with Crippen molar-refractivity contribution in [1.29, 1.82) is 0 Å². The zero-order valence-electron chi connectivity index (χ0n) is 13.1. The normalized spacial score (nSPS) is 11.5. The summed E-state index contributed by atoms with van der Waals surface area (Å²) < 4.78 is 5.22. The second-order valence-corrected chi connectivity index (χ2v) is 5.74. The van der Waals surface area contributed by atoms with Crippen molar-refractivity contribution >= 4 is 46.5 Å². The van der Waals surface area contributed by atoms with Crippen molar-refractivity contribution < 1.29 is 14.3 Å². The number of hydrogen-bond acceptors (Lipinski definition) is 4. The largest absolute Gasteiger partial charge is 0.449 e. The van der Waals surface area contributed by atoms with E-state index in [0.29, 0.717) is 21.3 Å². The van der Waals surface area contributed by atoms with E-state index >= 15 is 0 Å². The van der Waals surface area contributed by atoms with Gasteiger partial charge < -0.3 is 15.4 Å². The molecule has 126 valence electrons. The van der Waals surface area contributed by atoms with E-state index in [1.807, 2.05) is 0 Å². The number of carbonyl (C=O) groups excluding carboxylic acids is 2. The molecule has 0 saturated heterocycles. The summed E-state index contributed by atoms with van der Waals surface area (Å²) in [6, 6.07) is 11.7. The van der Waals surface area contributed by atoms with E-state index in [4.69, 9.17) is 27.9 Å². The van der Waals surface area contributed by atoms with Crippen LogP contribution in [-0.2, 0) is 9.53 Å². The van der Waals surface area contributed by atoms with Gasteiger partial charge in [0.2, 0.25) is 0 Å². The molecule has 0 fully saturated rings. The summed E-state index contributed by atoms with van der Waals surface area (Å²) >= 11 is 12.0. The Morgan fingerprint density at radius 3 is 2.29 bits per heavy atom. The Labute approximate surface area is 149 Å². The van der Waals surface area contributed by atoms with Crippen LogP contribution in [0.4, 0.5) is 11.4 Å². The zero-order chi connectivity index (χ0) is 17.7. The maximum atomic E-state index is 12.2. The van der Waals surface area contributed by atoms with Gasteiger partial charge in [-0.3, -0.25) is 4.79 Å². The van der Waals surface area contributed by atoms with Crippen molar-refractivity contribution in [2.45, 2.75) is 13.0 Å². The van der Waals surface area contributed by atoms with Gasteiger partial charge in [0.25, 0.3) is 5.91 Å². The fourth-order valence-corrected chi connectivity index (χ4v) is 2.49. The van der Waals surface area contributed by atoms with E-state index in [9.17, 15) is 9.59 Å². The zero-order valence-corrected chi connectivity index (χ0v) is 14.6. The molecule has 1 atom stereocenters. The van der Waals surface area contributed by atoms with E-state index in [1.165, 1.54) is 6.92 Å². The molecule has 0 spiro atoms. The minimum atomic E-state index is -1.02. The van der Waals surface area contributed by atoms with Crippen LogP contribution in [0, 0.1) is 0 Å². The smallest absolute Gasteiger partial charge is 0.341 e. The highest BCUT2D eigenvalue weighted by atomic mass is 35.5. The Bertz CT molecular complexity index is 745. The third kappa shape index (κ3) is 4.19. The minimum absolute atomic E-state index is 0.282. The molecule has 2 rings (SSSR count). The molecular formula is C17H16Cl2N2O3. The summed E-state index contributed by atoms with van der Waals surface area (Å²) in [5, 5.41) is 6.07.